The van der Waals surface area contributed by atoms with Crippen molar-refractivity contribution in [3.63, 3.8) is 0 Å². The lowest BCUT2D eigenvalue weighted by Crippen LogP contribution is -2.32. The van der Waals surface area contributed by atoms with Crippen molar-refractivity contribution in [3.8, 4) is 0 Å². The Morgan fingerprint density at radius 1 is 1.47 bits per heavy atom. The summed E-state index contributed by atoms with van der Waals surface area (Å²) in [6.07, 6.45) is 0. The van der Waals surface area contributed by atoms with Crippen molar-refractivity contribution in [2.24, 2.45) is 5.41 Å². The first kappa shape index (κ1) is 14.0. The maximum atomic E-state index is 10.8. The molecule has 0 aromatic heterocycles. The molecule has 0 amide bonds. The molecule has 0 spiro atoms. The van der Waals surface area contributed by atoms with E-state index in [4.69, 9.17) is 21.5 Å². The zero-order valence-electron chi connectivity index (χ0n) is 9.87. The van der Waals surface area contributed by atoms with Gasteiger partial charge in [-0.2, -0.15) is 5.48 Å². The third-order valence-corrected chi connectivity index (χ3v) is 2.70. The van der Waals surface area contributed by atoms with Crippen molar-refractivity contribution in [1.82, 2.24) is 5.48 Å². The molecular weight excluding hydrogens is 242 g/mol. The van der Waals surface area contributed by atoms with Crippen LogP contribution < -0.4 is 5.48 Å². The molecule has 0 saturated heterocycles. The number of carboxylic acids is 1. The summed E-state index contributed by atoms with van der Waals surface area (Å²) in [7, 11) is 0. The molecule has 0 unspecified atom stereocenters. The third kappa shape index (κ3) is 4.34. The zero-order chi connectivity index (χ0) is 12.9. The van der Waals surface area contributed by atoms with Gasteiger partial charge in [0.15, 0.2) is 0 Å². The van der Waals surface area contributed by atoms with Gasteiger partial charge in [-0.1, -0.05) is 29.8 Å². The predicted octanol–water partition coefficient (Wildman–Crippen LogP) is 2.47. The number of carboxylic acid groups (broad SMARTS) is 1. The second-order valence-corrected chi connectivity index (χ2v) is 4.80. The van der Waals surface area contributed by atoms with Gasteiger partial charge in [0.05, 0.1) is 12.0 Å². The molecule has 0 aliphatic rings. The number of hydroxylamine groups is 1. The molecule has 1 aromatic carbocycles. The summed E-state index contributed by atoms with van der Waals surface area (Å²) in [5.74, 6) is -0.892. The van der Waals surface area contributed by atoms with Gasteiger partial charge in [0, 0.05) is 11.6 Å². The quantitative estimate of drug-likeness (QED) is 0.607. The summed E-state index contributed by atoms with van der Waals surface area (Å²) in [4.78, 5) is 15.9. The van der Waals surface area contributed by atoms with Crippen molar-refractivity contribution in [2.75, 3.05) is 6.61 Å². The monoisotopic (exact) mass is 257 g/mol. The number of aliphatic carboxylic acids is 1. The standard InChI is InChI=1S/C12H16ClNO3/c1-12(2,11(15)16)8-17-14-7-9-5-3-4-6-10(9)13/h3-6,14H,7-8H2,1-2H3,(H,15,16). The van der Waals surface area contributed by atoms with Gasteiger partial charge in [0.1, 0.15) is 0 Å². The van der Waals surface area contributed by atoms with E-state index in [9.17, 15) is 4.79 Å². The molecule has 0 aliphatic carbocycles. The fourth-order valence-electron chi connectivity index (χ4n) is 1.06. The van der Waals surface area contributed by atoms with Crippen LogP contribution in [0.15, 0.2) is 24.3 Å². The maximum absolute atomic E-state index is 10.8. The summed E-state index contributed by atoms with van der Waals surface area (Å²) in [5, 5.41) is 9.53. The van der Waals surface area contributed by atoms with Gasteiger partial charge in [-0.3, -0.25) is 4.79 Å². The summed E-state index contributed by atoms with van der Waals surface area (Å²) < 4.78 is 0. The van der Waals surface area contributed by atoms with Crippen molar-refractivity contribution in [3.05, 3.63) is 34.9 Å². The van der Waals surface area contributed by atoms with Crippen LogP contribution in [0.4, 0.5) is 0 Å². The highest BCUT2D eigenvalue weighted by Crippen LogP contribution is 2.16. The average molecular weight is 258 g/mol. The van der Waals surface area contributed by atoms with Gasteiger partial charge in [0.2, 0.25) is 0 Å². The van der Waals surface area contributed by atoms with Gasteiger partial charge >= 0.3 is 5.97 Å². The number of carbonyl (C=O) groups is 1. The van der Waals surface area contributed by atoms with Gasteiger partial charge in [-0.15, -0.1) is 0 Å². The second kappa shape index (κ2) is 6.00. The molecule has 2 N–H and O–H groups in total. The van der Waals surface area contributed by atoms with E-state index in [1.165, 1.54) is 0 Å². The van der Waals surface area contributed by atoms with Crippen molar-refractivity contribution < 1.29 is 14.7 Å². The predicted molar refractivity (Wildman–Crippen MR) is 65.7 cm³/mol. The van der Waals surface area contributed by atoms with Crippen molar-refractivity contribution >= 4 is 17.6 Å². The van der Waals surface area contributed by atoms with Gasteiger partial charge in [-0.25, -0.2) is 0 Å². The van der Waals surface area contributed by atoms with Crippen LogP contribution in [0.1, 0.15) is 19.4 Å². The molecule has 0 atom stereocenters. The van der Waals surface area contributed by atoms with Crippen LogP contribution in [0.25, 0.3) is 0 Å². The summed E-state index contributed by atoms with van der Waals surface area (Å²) in [5.41, 5.74) is 2.70. The topological polar surface area (TPSA) is 58.6 Å². The van der Waals surface area contributed by atoms with Crippen LogP contribution in [0.5, 0.6) is 0 Å². The molecule has 0 fully saturated rings. The summed E-state index contributed by atoms with van der Waals surface area (Å²) in [6.45, 7) is 3.74. The lowest BCUT2D eigenvalue weighted by atomic mass is 9.96. The van der Waals surface area contributed by atoms with Gasteiger partial charge < -0.3 is 9.94 Å². The van der Waals surface area contributed by atoms with Crippen LogP contribution in [0.3, 0.4) is 0 Å². The summed E-state index contributed by atoms with van der Waals surface area (Å²) in [6, 6.07) is 7.39. The molecule has 17 heavy (non-hydrogen) atoms. The zero-order valence-corrected chi connectivity index (χ0v) is 10.6. The first-order valence-corrected chi connectivity index (χ1v) is 5.63. The molecule has 0 bridgehead atoms. The molecule has 1 rings (SSSR count). The SMILES string of the molecule is CC(C)(CONCc1ccccc1Cl)C(=O)O. The highest BCUT2D eigenvalue weighted by molar-refractivity contribution is 6.31. The number of benzene rings is 1. The summed E-state index contributed by atoms with van der Waals surface area (Å²) >= 11 is 5.95. The molecule has 0 radical (unpaired) electrons. The van der Waals surface area contributed by atoms with Crippen LogP contribution in [-0.4, -0.2) is 17.7 Å². The molecule has 4 nitrogen and oxygen atoms in total. The Balaban J connectivity index is 2.35. The van der Waals surface area contributed by atoms with Crippen molar-refractivity contribution in [1.29, 1.82) is 0 Å². The largest absolute Gasteiger partial charge is 0.481 e. The minimum atomic E-state index is -0.909. The number of hydrogen-bond acceptors (Lipinski definition) is 3. The van der Waals surface area contributed by atoms with Crippen LogP contribution >= 0.6 is 11.6 Å². The Kier molecular flexibility index (Phi) is 4.93. The molecule has 5 heteroatoms. The molecule has 94 valence electrons. The second-order valence-electron chi connectivity index (χ2n) is 4.39. The first-order chi connectivity index (χ1) is 7.93. The molecule has 1 aromatic rings. The Bertz CT molecular complexity index is 393. The Labute approximate surface area is 105 Å². The first-order valence-electron chi connectivity index (χ1n) is 5.25. The molecule has 0 heterocycles. The number of rotatable bonds is 6. The van der Waals surface area contributed by atoms with E-state index in [0.717, 1.165) is 5.56 Å². The lowest BCUT2D eigenvalue weighted by Gasteiger charge is -2.18. The van der Waals surface area contributed by atoms with E-state index in [-0.39, 0.29) is 6.61 Å². The Morgan fingerprint density at radius 3 is 2.71 bits per heavy atom. The lowest BCUT2D eigenvalue weighted by molar-refractivity contribution is -0.152. The molecule has 0 saturated carbocycles. The van der Waals surface area contributed by atoms with E-state index < -0.39 is 11.4 Å². The van der Waals surface area contributed by atoms with E-state index in [1.54, 1.807) is 19.9 Å². The fraction of sp³-hybridized carbons (Fsp3) is 0.417. The highest BCUT2D eigenvalue weighted by Gasteiger charge is 2.27. The average Bonchev–Trinajstić information content (AvgIpc) is 2.26. The van der Waals surface area contributed by atoms with E-state index in [2.05, 4.69) is 5.48 Å². The van der Waals surface area contributed by atoms with Gasteiger partial charge in [0.25, 0.3) is 0 Å². The van der Waals surface area contributed by atoms with E-state index in [0.29, 0.717) is 11.6 Å². The highest BCUT2D eigenvalue weighted by atomic mass is 35.5. The Hall–Kier alpha value is -1.10. The number of nitrogens with one attached hydrogen (secondary N) is 1. The van der Waals surface area contributed by atoms with E-state index >= 15 is 0 Å². The van der Waals surface area contributed by atoms with Crippen LogP contribution in [-0.2, 0) is 16.2 Å². The van der Waals surface area contributed by atoms with Gasteiger partial charge in [-0.05, 0) is 25.5 Å². The third-order valence-electron chi connectivity index (χ3n) is 2.33. The van der Waals surface area contributed by atoms with E-state index in [1.807, 2.05) is 18.2 Å². The fourth-order valence-corrected chi connectivity index (χ4v) is 1.27. The minimum Gasteiger partial charge on any atom is -0.481 e. The number of halogens is 1. The minimum absolute atomic E-state index is 0.0901. The van der Waals surface area contributed by atoms with Crippen molar-refractivity contribution in [2.45, 2.75) is 20.4 Å². The Morgan fingerprint density at radius 2 is 2.12 bits per heavy atom. The smallest absolute Gasteiger partial charge is 0.311 e. The molecular formula is C12H16ClNO3. The normalized spacial score (nSPS) is 11.5. The van der Waals surface area contributed by atoms with Crippen LogP contribution in [0.2, 0.25) is 5.02 Å². The van der Waals surface area contributed by atoms with Crippen LogP contribution in [0, 0.1) is 5.41 Å². The molecule has 0 aliphatic heterocycles. The number of hydrogen-bond donors (Lipinski definition) is 2. The maximum Gasteiger partial charge on any atom is 0.311 e.